The van der Waals surface area contributed by atoms with Crippen molar-refractivity contribution >= 4 is 23.5 Å². The van der Waals surface area contributed by atoms with Crippen LogP contribution in [0.4, 0.5) is 0 Å². The van der Waals surface area contributed by atoms with Gasteiger partial charge in [0.05, 0.1) is 4.08 Å². The van der Waals surface area contributed by atoms with Gasteiger partial charge in [-0.3, -0.25) is 0 Å². The zero-order valence-electron chi connectivity index (χ0n) is 23.3. The van der Waals surface area contributed by atoms with Crippen molar-refractivity contribution in [3.8, 4) is 11.5 Å². The summed E-state index contributed by atoms with van der Waals surface area (Å²) in [5.41, 5.74) is 4.32. The molecule has 0 radical (unpaired) electrons. The maximum absolute atomic E-state index is 11.0. The number of unbranched alkanes of at least 4 members (excludes halogenated alkanes) is 2. The zero-order valence-corrected chi connectivity index (χ0v) is 25.0. The van der Waals surface area contributed by atoms with Gasteiger partial charge in [0.1, 0.15) is 11.5 Å². The Kier molecular flexibility index (Phi) is 11.9. The molecule has 196 valence electrons. The first-order valence-corrected chi connectivity index (χ1v) is 15.3. The Morgan fingerprint density at radius 3 is 1.46 bits per heavy atom. The molecular formula is C31H48O2S2. The Hall–Kier alpha value is -1.26. The van der Waals surface area contributed by atoms with Gasteiger partial charge in [-0.15, -0.1) is 23.5 Å². The normalized spacial score (nSPS) is 13.7. The fourth-order valence-electron chi connectivity index (χ4n) is 4.39. The Balaban J connectivity index is 2.40. The molecule has 2 aromatic carbocycles. The molecule has 0 bridgehead atoms. The van der Waals surface area contributed by atoms with E-state index in [4.69, 9.17) is 0 Å². The van der Waals surface area contributed by atoms with E-state index in [1.54, 1.807) is 0 Å². The van der Waals surface area contributed by atoms with Crippen LogP contribution in [0.15, 0.2) is 34.1 Å². The summed E-state index contributed by atoms with van der Waals surface area (Å²) in [5, 5.41) is 21.9. The summed E-state index contributed by atoms with van der Waals surface area (Å²) in [7, 11) is 0. The molecule has 35 heavy (non-hydrogen) atoms. The third-order valence-corrected chi connectivity index (χ3v) is 9.42. The minimum Gasteiger partial charge on any atom is -0.507 e. The van der Waals surface area contributed by atoms with Gasteiger partial charge in [0.2, 0.25) is 0 Å². The quantitative estimate of drug-likeness (QED) is 0.193. The molecule has 2 N–H and O–H groups in total. The molecular weight excluding hydrogens is 468 g/mol. The Morgan fingerprint density at radius 1 is 0.686 bits per heavy atom. The topological polar surface area (TPSA) is 40.5 Å². The predicted octanol–water partition coefficient (Wildman–Crippen LogP) is 10.4. The predicted molar refractivity (Wildman–Crippen MR) is 157 cm³/mol. The molecule has 2 nitrogen and oxygen atoms in total. The fourth-order valence-corrected chi connectivity index (χ4v) is 7.05. The number of benzene rings is 2. The van der Waals surface area contributed by atoms with Gasteiger partial charge < -0.3 is 10.2 Å². The molecule has 2 rings (SSSR count). The lowest BCUT2D eigenvalue weighted by Crippen LogP contribution is -2.09. The lowest BCUT2D eigenvalue weighted by Gasteiger charge is -2.26. The van der Waals surface area contributed by atoms with E-state index >= 15 is 0 Å². The molecule has 0 aliphatic carbocycles. The maximum atomic E-state index is 11.0. The van der Waals surface area contributed by atoms with Crippen LogP contribution < -0.4 is 0 Å². The fraction of sp³-hybridized carbons (Fsp3) is 0.613. The first-order valence-electron chi connectivity index (χ1n) is 13.7. The van der Waals surface area contributed by atoms with Gasteiger partial charge in [0.25, 0.3) is 0 Å². The molecule has 4 heteroatoms. The van der Waals surface area contributed by atoms with Crippen molar-refractivity contribution in [3.05, 3.63) is 46.5 Å². The van der Waals surface area contributed by atoms with E-state index in [0.717, 1.165) is 73.6 Å². The number of hydrogen-bond donors (Lipinski definition) is 2. The summed E-state index contributed by atoms with van der Waals surface area (Å²) >= 11 is 3.75. The van der Waals surface area contributed by atoms with Crippen LogP contribution >= 0.6 is 23.5 Å². The van der Waals surface area contributed by atoms with Gasteiger partial charge in [0.15, 0.2) is 0 Å². The highest BCUT2D eigenvalue weighted by Crippen LogP contribution is 2.49. The van der Waals surface area contributed by atoms with Crippen LogP contribution in [-0.4, -0.2) is 14.3 Å². The second-order valence-electron chi connectivity index (χ2n) is 10.5. The van der Waals surface area contributed by atoms with Crippen molar-refractivity contribution in [1.29, 1.82) is 0 Å². The average molecular weight is 517 g/mol. The number of phenolic OH excluding ortho intramolecular Hbond substituents is 2. The zero-order chi connectivity index (χ0) is 26.2. The second kappa shape index (κ2) is 13.9. The van der Waals surface area contributed by atoms with Crippen molar-refractivity contribution in [2.75, 3.05) is 0 Å². The van der Waals surface area contributed by atoms with E-state index in [0.29, 0.717) is 23.3 Å². The van der Waals surface area contributed by atoms with Crippen LogP contribution in [0.25, 0.3) is 0 Å². The van der Waals surface area contributed by atoms with Gasteiger partial charge in [-0.1, -0.05) is 54.4 Å². The first-order chi connectivity index (χ1) is 16.6. The Morgan fingerprint density at radius 2 is 1.09 bits per heavy atom. The second-order valence-corrected chi connectivity index (χ2v) is 14.1. The van der Waals surface area contributed by atoms with Gasteiger partial charge in [0, 0.05) is 9.79 Å². The van der Waals surface area contributed by atoms with Crippen molar-refractivity contribution in [1.82, 2.24) is 0 Å². The minimum atomic E-state index is -0.0998. The molecule has 2 unspecified atom stereocenters. The molecule has 0 amide bonds. The summed E-state index contributed by atoms with van der Waals surface area (Å²) < 4.78 is -0.0998. The van der Waals surface area contributed by atoms with E-state index in [-0.39, 0.29) is 4.08 Å². The van der Waals surface area contributed by atoms with Crippen molar-refractivity contribution in [3.63, 3.8) is 0 Å². The van der Waals surface area contributed by atoms with Gasteiger partial charge in [-0.05, 0) is 111 Å². The Bertz CT molecular complexity index is 891. The lowest BCUT2D eigenvalue weighted by atomic mass is 9.90. The highest BCUT2D eigenvalue weighted by Gasteiger charge is 2.25. The highest BCUT2D eigenvalue weighted by atomic mass is 32.2. The van der Waals surface area contributed by atoms with Gasteiger partial charge in [-0.2, -0.15) is 0 Å². The molecule has 0 saturated carbocycles. The summed E-state index contributed by atoms with van der Waals surface area (Å²) in [6.07, 6.45) is 8.31. The van der Waals surface area contributed by atoms with Crippen LogP contribution in [0.1, 0.15) is 128 Å². The molecule has 0 saturated heterocycles. The minimum absolute atomic E-state index is 0.0998. The number of hydrogen-bond acceptors (Lipinski definition) is 4. The lowest BCUT2D eigenvalue weighted by molar-refractivity contribution is 0.448. The summed E-state index contributed by atoms with van der Waals surface area (Å²) in [6.45, 7) is 17.7. The molecule has 0 heterocycles. The number of rotatable bonds is 14. The van der Waals surface area contributed by atoms with E-state index in [9.17, 15) is 10.2 Å². The van der Waals surface area contributed by atoms with E-state index < -0.39 is 0 Å². The smallest absolute Gasteiger partial charge is 0.122 e. The van der Waals surface area contributed by atoms with E-state index in [2.05, 4.69) is 79.7 Å². The van der Waals surface area contributed by atoms with Crippen LogP contribution in [0.5, 0.6) is 11.5 Å². The molecule has 2 aromatic rings. The standard InChI is InChI=1S/C31H48O2S2/c1-9-13-15-23-17-25(18-24(29(23)32)16-14-10-2)34-31(7,8)35-26-19-27(21(5)11-3)30(33)28(20-26)22(6)12-4/h17-22,32-33H,9-16H2,1-8H3. The molecule has 0 aliphatic heterocycles. The van der Waals surface area contributed by atoms with Gasteiger partial charge in [-0.25, -0.2) is 0 Å². The maximum Gasteiger partial charge on any atom is 0.122 e. The summed E-state index contributed by atoms with van der Waals surface area (Å²) in [4.78, 5) is 2.46. The van der Waals surface area contributed by atoms with Crippen molar-refractivity contribution < 1.29 is 10.2 Å². The summed E-state index contributed by atoms with van der Waals surface area (Å²) in [6, 6.07) is 8.83. The third-order valence-electron chi connectivity index (χ3n) is 7.00. The number of aromatic hydroxyl groups is 2. The third kappa shape index (κ3) is 8.39. The van der Waals surface area contributed by atoms with E-state index in [1.165, 1.54) is 9.79 Å². The van der Waals surface area contributed by atoms with Crippen LogP contribution in [0.3, 0.4) is 0 Å². The Labute approximate surface area is 223 Å². The molecule has 0 aliphatic rings. The van der Waals surface area contributed by atoms with Crippen LogP contribution in [0.2, 0.25) is 0 Å². The number of aryl methyl sites for hydroxylation is 2. The monoisotopic (exact) mass is 516 g/mol. The van der Waals surface area contributed by atoms with Crippen molar-refractivity contribution in [2.45, 2.75) is 132 Å². The molecule has 2 atom stereocenters. The molecule has 0 fully saturated rings. The SMILES string of the molecule is CCCCc1cc(SC(C)(C)Sc2cc(C(C)CC)c(O)c(C(C)CC)c2)cc(CCCC)c1O. The average Bonchev–Trinajstić information content (AvgIpc) is 2.82. The molecule has 0 spiro atoms. The highest BCUT2D eigenvalue weighted by molar-refractivity contribution is 8.18. The number of thioether (sulfide) groups is 2. The number of phenols is 2. The van der Waals surface area contributed by atoms with Crippen molar-refractivity contribution in [2.24, 2.45) is 0 Å². The molecule has 0 aromatic heterocycles. The largest absolute Gasteiger partial charge is 0.507 e. The summed E-state index contributed by atoms with van der Waals surface area (Å²) in [5.74, 6) is 1.65. The van der Waals surface area contributed by atoms with E-state index in [1.807, 2.05) is 23.5 Å². The van der Waals surface area contributed by atoms with Crippen LogP contribution in [0, 0.1) is 0 Å². The van der Waals surface area contributed by atoms with Gasteiger partial charge >= 0.3 is 0 Å². The van der Waals surface area contributed by atoms with Crippen LogP contribution in [-0.2, 0) is 12.8 Å². The first kappa shape index (κ1) is 30.0.